The molecule has 0 unspecified atom stereocenters. The molecule has 0 amide bonds. The van der Waals surface area contributed by atoms with Crippen LogP contribution in [0.4, 0.5) is 5.82 Å². The van der Waals surface area contributed by atoms with Gasteiger partial charge in [-0.25, -0.2) is 9.97 Å². The first-order valence-corrected chi connectivity index (χ1v) is 6.63. The normalized spacial score (nSPS) is 10.4. The van der Waals surface area contributed by atoms with E-state index in [0.29, 0.717) is 5.75 Å². The van der Waals surface area contributed by atoms with Crippen molar-refractivity contribution in [1.29, 1.82) is 0 Å². The van der Waals surface area contributed by atoms with E-state index in [1.165, 1.54) is 5.56 Å². The van der Waals surface area contributed by atoms with Crippen molar-refractivity contribution < 1.29 is 5.11 Å². The Morgan fingerprint density at radius 2 is 2.19 bits per heavy atom. The Bertz CT molecular complexity index is 320. The van der Waals surface area contributed by atoms with Crippen LogP contribution < -0.4 is 5.32 Å². The minimum atomic E-state index is 0.177. The number of hydrogen-bond donors (Lipinski definition) is 2. The van der Waals surface area contributed by atoms with Crippen molar-refractivity contribution in [1.82, 2.24) is 9.97 Å². The van der Waals surface area contributed by atoms with E-state index >= 15 is 0 Å². The summed E-state index contributed by atoms with van der Waals surface area (Å²) in [4.78, 5) is 8.54. The fourth-order valence-electron chi connectivity index (χ4n) is 1.46. The number of rotatable bonds is 7. The Morgan fingerprint density at radius 1 is 1.38 bits per heavy atom. The standard InChI is InChI=1S/C11H19N3OS/c1-3-5-9-10(12-4-2)13-8-14-11(9)16-7-6-15/h8,15H,3-7H2,1-2H3,(H,12,13,14). The summed E-state index contributed by atoms with van der Waals surface area (Å²) in [7, 11) is 0. The second kappa shape index (κ2) is 7.46. The zero-order valence-corrected chi connectivity index (χ0v) is 10.7. The molecule has 0 aliphatic heterocycles. The SMILES string of the molecule is CCCc1c(NCC)ncnc1SCCO. The summed E-state index contributed by atoms with van der Waals surface area (Å²) in [6, 6.07) is 0. The van der Waals surface area contributed by atoms with Gasteiger partial charge in [-0.3, -0.25) is 0 Å². The molecule has 0 aromatic carbocycles. The Labute approximate surface area is 101 Å². The zero-order valence-electron chi connectivity index (χ0n) is 9.86. The summed E-state index contributed by atoms with van der Waals surface area (Å²) in [6.07, 6.45) is 3.62. The van der Waals surface area contributed by atoms with Gasteiger partial charge >= 0.3 is 0 Å². The lowest BCUT2D eigenvalue weighted by Crippen LogP contribution is -2.06. The van der Waals surface area contributed by atoms with Crippen molar-refractivity contribution in [3.8, 4) is 0 Å². The summed E-state index contributed by atoms with van der Waals surface area (Å²) in [5.74, 6) is 1.61. The molecule has 16 heavy (non-hydrogen) atoms. The third-order valence-corrected chi connectivity index (χ3v) is 3.09. The molecule has 1 aromatic rings. The second-order valence-corrected chi connectivity index (χ2v) is 4.44. The largest absolute Gasteiger partial charge is 0.396 e. The van der Waals surface area contributed by atoms with E-state index in [9.17, 15) is 0 Å². The molecule has 0 radical (unpaired) electrons. The van der Waals surface area contributed by atoms with E-state index < -0.39 is 0 Å². The smallest absolute Gasteiger partial charge is 0.133 e. The maximum Gasteiger partial charge on any atom is 0.133 e. The van der Waals surface area contributed by atoms with Crippen molar-refractivity contribution in [3.05, 3.63) is 11.9 Å². The van der Waals surface area contributed by atoms with Gasteiger partial charge in [-0.2, -0.15) is 0 Å². The number of anilines is 1. The van der Waals surface area contributed by atoms with Crippen LogP contribution >= 0.6 is 11.8 Å². The van der Waals surface area contributed by atoms with Crippen LogP contribution in [0.3, 0.4) is 0 Å². The monoisotopic (exact) mass is 241 g/mol. The van der Waals surface area contributed by atoms with Crippen LogP contribution in [0.5, 0.6) is 0 Å². The Kier molecular flexibility index (Phi) is 6.18. The van der Waals surface area contributed by atoms with E-state index in [0.717, 1.165) is 30.2 Å². The van der Waals surface area contributed by atoms with Gasteiger partial charge in [0.15, 0.2) is 0 Å². The lowest BCUT2D eigenvalue weighted by molar-refractivity contribution is 0.322. The quantitative estimate of drug-likeness (QED) is 0.564. The van der Waals surface area contributed by atoms with Crippen LogP contribution in [0, 0.1) is 0 Å². The molecule has 0 spiro atoms. The van der Waals surface area contributed by atoms with Gasteiger partial charge in [0.2, 0.25) is 0 Å². The molecule has 0 bridgehead atoms. The zero-order chi connectivity index (χ0) is 11.8. The summed E-state index contributed by atoms with van der Waals surface area (Å²) in [5, 5.41) is 13.1. The fourth-order valence-corrected chi connectivity index (χ4v) is 2.24. The molecule has 1 aromatic heterocycles. The molecular formula is C11H19N3OS. The van der Waals surface area contributed by atoms with Gasteiger partial charge in [0, 0.05) is 17.9 Å². The molecule has 4 nitrogen and oxygen atoms in total. The third-order valence-electron chi connectivity index (χ3n) is 2.08. The number of aliphatic hydroxyl groups is 1. The fraction of sp³-hybridized carbons (Fsp3) is 0.636. The van der Waals surface area contributed by atoms with Crippen LogP contribution in [0.2, 0.25) is 0 Å². The van der Waals surface area contributed by atoms with Crippen molar-refractivity contribution in [2.75, 3.05) is 24.2 Å². The molecular weight excluding hydrogens is 222 g/mol. The Balaban J connectivity index is 2.90. The number of thioether (sulfide) groups is 1. The van der Waals surface area contributed by atoms with E-state index in [1.807, 2.05) is 0 Å². The van der Waals surface area contributed by atoms with Crippen molar-refractivity contribution in [2.24, 2.45) is 0 Å². The topological polar surface area (TPSA) is 58.0 Å². The lowest BCUT2D eigenvalue weighted by atomic mass is 10.2. The second-order valence-electron chi connectivity index (χ2n) is 3.36. The van der Waals surface area contributed by atoms with Crippen LogP contribution in [0.25, 0.3) is 0 Å². The highest BCUT2D eigenvalue weighted by Gasteiger charge is 2.10. The van der Waals surface area contributed by atoms with Crippen molar-refractivity contribution in [3.63, 3.8) is 0 Å². The van der Waals surface area contributed by atoms with Crippen LogP contribution in [-0.2, 0) is 6.42 Å². The minimum absolute atomic E-state index is 0.177. The van der Waals surface area contributed by atoms with Crippen LogP contribution in [-0.4, -0.2) is 34.0 Å². The first-order valence-electron chi connectivity index (χ1n) is 5.64. The molecule has 0 atom stereocenters. The highest BCUT2D eigenvalue weighted by molar-refractivity contribution is 7.99. The predicted octanol–water partition coefficient (Wildman–Crippen LogP) is 1.95. The molecule has 1 rings (SSSR count). The minimum Gasteiger partial charge on any atom is -0.396 e. The molecule has 0 aliphatic rings. The maximum atomic E-state index is 8.84. The van der Waals surface area contributed by atoms with Gasteiger partial charge in [-0.15, -0.1) is 11.8 Å². The summed E-state index contributed by atoms with van der Waals surface area (Å²) in [6.45, 7) is 5.23. The van der Waals surface area contributed by atoms with Crippen molar-refractivity contribution >= 4 is 17.6 Å². The Morgan fingerprint density at radius 3 is 2.81 bits per heavy atom. The third kappa shape index (κ3) is 3.64. The van der Waals surface area contributed by atoms with Gasteiger partial charge in [0.05, 0.1) is 6.61 Å². The average molecular weight is 241 g/mol. The van der Waals surface area contributed by atoms with E-state index in [1.54, 1.807) is 18.1 Å². The first-order chi connectivity index (χ1) is 7.83. The molecule has 5 heteroatoms. The van der Waals surface area contributed by atoms with Gasteiger partial charge in [-0.05, 0) is 13.3 Å². The van der Waals surface area contributed by atoms with Crippen LogP contribution in [0.15, 0.2) is 11.4 Å². The molecule has 90 valence electrons. The maximum absolute atomic E-state index is 8.84. The van der Waals surface area contributed by atoms with Crippen LogP contribution in [0.1, 0.15) is 25.8 Å². The van der Waals surface area contributed by atoms with E-state index in [-0.39, 0.29) is 6.61 Å². The van der Waals surface area contributed by atoms with Crippen molar-refractivity contribution in [2.45, 2.75) is 31.7 Å². The summed E-state index contributed by atoms with van der Waals surface area (Å²) >= 11 is 1.59. The highest BCUT2D eigenvalue weighted by Crippen LogP contribution is 2.25. The Hall–Kier alpha value is -0.810. The predicted molar refractivity (Wildman–Crippen MR) is 68.0 cm³/mol. The first kappa shape index (κ1) is 13.3. The van der Waals surface area contributed by atoms with Gasteiger partial charge in [0.1, 0.15) is 17.2 Å². The van der Waals surface area contributed by atoms with Gasteiger partial charge < -0.3 is 10.4 Å². The molecule has 2 N–H and O–H groups in total. The van der Waals surface area contributed by atoms with E-state index in [2.05, 4.69) is 29.1 Å². The molecule has 1 heterocycles. The number of nitrogens with zero attached hydrogens (tertiary/aromatic N) is 2. The number of aliphatic hydroxyl groups excluding tert-OH is 1. The number of aromatic nitrogens is 2. The molecule has 0 aliphatic carbocycles. The van der Waals surface area contributed by atoms with E-state index in [4.69, 9.17) is 5.11 Å². The molecule has 0 fully saturated rings. The average Bonchev–Trinajstić information content (AvgIpc) is 2.30. The summed E-state index contributed by atoms with van der Waals surface area (Å²) < 4.78 is 0. The number of hydrogen-bond acceptors (Lipinski definition) is 5. The number of nitrogens with one attached hydrogen (secondary N) is 1. The van der Waals surface area contributed by atoms with Gasteiger partial charge in [-0.1, -0.05) is 13.3 Å². The summed E-state index contributed by atoms with van der Waals surface area (Å²) in [5.41, 5.74) is 1.17. The molecule has 0 saturated carbocycles. The lowest BCUT2D eigenvalue weighted by Gasteiger charge is -2.12. The molecule has 0 saturated heterocycles. The highest BCUT2D eigenvalue weighted by atomic mass is 32.2. The van der Waals surface area contributed by atoms with Gasteiger partial charge in [0.25, 0.3) is 0 Å².